The summed E-state index contributed by atoms with van der Waals surface area (Å²) in [7, 11) is 0. The van der Waals surface area contributed by atoms with Crippen molar-refractivity contribution in [3.05, 3.63) is 47.9 Å². The van der Waals surface area contributed by atoms with Crippen LogP contribution in [0.2, 0.25) is 0 Å². The highest BCUT2D eigenvalue weighted by Gasteiger charge is 2.31. The third-order valence-electron chi connectivity index (χ3n) is 7.22. The van der Waals surface area contributed by atoms with Crippen molar-refractivity contribution in [2.24, 2.45) is 11.5 Å². The van der Waals surface area contributed by atoms with Crippen LogP contribution >= 0.6 is 0 Å². The molecule has 2 amide bonds. The van der Waals surface area contributed by atoms with E-state index in [1.165, 1.54) is 24.2 Å². The molecule has 35 heavy (non-hydrogen) atoms. The van der Waals surface area contributed by atoms with Crippen molar-refractivity contribution in [1.29, 1.82) is 0 Å². The van der Waals surface area contributed by atoms with Gasteiger partial charge in [0.05, 0.1) is 5.57 Å². The normalized spacial score (nSPS) is 21.1. The molecule has 3 aliphatic rings. The minimum absolute atomic E-state index is 0.00923. The molecule has 0 unspecified atom stereocenters. The Morgan fingerprint density at radius 3 is 2.40 bits per heavy atom. The number of likely N-dealkylation sites (tertiary alicyclic amines) is 1. The Morgan fingerprint density at radius 2 is 1.83 bits per heavy atom. The number of hydrogen-bond acceptors (Lipinski definition) is 7. The summed E-state index contributed by atoms with van der Waals surface area (Å²) in [6, 6.07) is 8.49. The second kappa shape index (κ2) is 11.6. The lowest BCUT2D eigenvalue weighted by molar-refractivity contribution is -0.133. The molecule has 1 aromatic carbocycles. The van der Waals surface area contributed by atoms with Gasteiger partial charge in [-0.1, -0.05) is 12.5 Å². The molecule has 190 valence electrons. The average molecular weight is 483 g/mol. The van der Waals surface area contributed by atoms with Gasteiger partial charge in [-0.05, 0) is 63.1 Å². The van der Waals surface area contributed by atoms with Crippen molar-refractivity contribution in [3.8, 4) is 5.75 Å². The van der Waals surface area contributed by atoms with E-state index in [0.717, 1.165) is 43.4 Å². The number of piperazine rings is 1. The molecule has 2 aliphatic heterocycles. The molecule has 9 heteroatoms. The van der Waals surface area contributed by atoms with E-state index >= 15 is 0 Å². The first kappa shape index (κ1) is 25.1. The molecule has 2 saturated heterocycles. The number of nitrogens with two attached hydrogens (primary N) is 2. The van der Waals surface area contributed by atoms with Gasteiger partial charge in [0.25, 0.3) is 5.91 Å². The summed E-state index contributed by atoms with van der Waals surface area (Å²) in [4.78, 5) is 31.6. The molecule has 0 atom stereocenters. The van der Waals surface area contributed by atoms with Crippen LogP contribution in [0.4, 0.5) is 5.69 Å². The summed E-state index contributed by atoms with van der Waals surface area (Å²) < 4.78 is 6.22. The molecule has 0 radical (unpaired) electrons. The van der Waals surface area contributed by atoms with Crippen molar-refractivity contribution in [3.63, 3.8) is 0 Å². The molecular formula is C26H38N6O3. The Kier molecular flexibility index (Phi) is 8.30. The molecule has 0 aromatic heterocycles. The fraction of sp³-hybridized carbons (Fsp3) is 0.538. The Morgan fingerprint density at radius 1 is 1.11 bits per heavy atom. The maximum absolute atomic E-state index is 12.9. The van der Waals surface area contributed by atoms with E-state index in [-0.39, 0.29) is 42.4 Å². The number of nitrogens with zero attached hydrogens (tertiary/aromatic N) is 3. The van der Waals surface area contributed by atoms with E-state index in [1.807, 2.05) is 31.2 Å². The first-order chi connectivity index (χ1) is 17.0. The zero-order valence-electron chi connectivity index (χ0n) is 20.6. The number of piperidine rings is 1. The molecular weight excluding hydrogens is 444 g/mol. The SMILES string of the molecule is C/C=C\N/C(N)=C(\CN)C(=O)N1CCN(c2ccc(OC3CCN(C4CCC4)CC3)cc2)C(=O)C1. The predicted octanol–water partition coefficient (Wildman–Crippen LogP) is 1.51. The van der Waals surface area contributed by atoms with Gasteiger partial charge in [0, 0.05) is 44.5 Å². The second-order valence-corrected chi connectivity index (χ2v) is 9.44. The molecule has 0 spiro atoms. The number of hydrogen-bond donors (Lipinski definition) is 3. The van der Waals surface area contributed by atoms with Crippen LogP contribution in [-0.2, 0) is 9.59 Å². The maximum atomic E-state index is 12.9. The molecule has 1 saturated carbocycles. The van der Waals surface area contributed by atoms with E-state index in [1.54, 1.807) is 17.2 Å². The molecule has 2 heterocycles. The zero-order chi connectivity index (χ0) is 24.8. The standard InChI is InChI=1S/C26H38N6O3/c1-2-12-29-25(28)23(17-27)26(34)31-15-16-32(24(33)18-31)20-6-8-21(9-7-20)35-22-10-13-30(14-11-22)19-4-3-5-19/h2,6-9,12,19,22,29H,3-5,10-11,13-18,27-28H2,1H3/b12-2-,25-23+. The molecule has 3 fully saturated rings. The van der Waals surface area contributed by atoms with Crippen molar-refractivity contribution >= 4 is 17.5 Å². The summed E-state index contributed by atoms with van der Waals surface area (Å²) in [5.41, 5.74) is 12.8. The van der Waals surface area contributed by atoms with Crippen molar-refractivity contribution in [2.75, 3.05) is 44.2 Å². The van der Waals surface area contributed by atoms with Gasteiger partial charge in [0.15, 0.2) is 0 Å². The Hall–Kier alpha value is -3.04. The van der Waals surface area contributed by atoms with Crippen molar-refractivity contribution in [2.45, 2.75) is 51.2 Å². The Bertz CT molecular complexity index is 948. The molecule has 0 bridgehead atoms. The lowest BCUT2D eigenvalue weighted by Gasteiger charge is -2.41. The molecule has 4 rings (SSSR count). The smallest absolute Gasteiger partial charge is 0.255 e. The van der Waals surface area contributed by atoms with Crippen LogP contribution < -0.4 is 26.4 Å². The van der Waals surface area contributed by atoms with Crippen LogP contribution in [0.15, 0.2) is 47.9 Å². The largest absolute Gasteiger partial charge is 0.490 e. The fourth-order valence-electron chi connectivity index (χ4n) is 4.89. The van der Waals surface area contributed by atoms with E-state index in [9.17, 15) is 9.59 Å². The molecule has 9 nitrogen and oxygen atoms in total. The van der Waals surface area contributed by atoms with Gasteiger partial charge in [-0.25, -0.2) is 0 Å². The zero-order valence-corrected chi connectivity index (χ0v) is 20.6. The van der Waals surface area contributed by atoms with Gasteiger partial charge in [0.2, 0.25) is 5.91 Å². The van der Waals surface area contributed by atoms with Gasteiger partial charge < -0.3 is 36.2 Å². The van der Waals surface area contributed by atoms with Crippen LogP contribution in [0.25, 0.3) is 0 Å². The second-order valence-electron chi connectivity index (χ2n) is 9.44. The number of ether oxygens (including phenoxy) is 1. The van der Waals surface area contributed by atoms with Crippen molar-refractivity contribution in [1.82, 2.24) is 15.1 Å². The predicted molar refractivity (Wildman–Crippen MR) is 136 cm³/mol. The number of amides is 2. The van der Waals surface area contributed by atoms with Crippen LogP contribution in [0, 0.1) is 0 Å². The van der Waals surface area contributed by atoms with Crippen molar-refractivity contribution < 1.29 is 14.3 Å². The van der Waals surface area contributed by atoms with Gasteiger partial charge >= 0.3 is 0 Å². The lowest BCUT2D eigenvalue weighted by atomic mass is 9.90. The van der Waals surface area contributed by atoms with Crippen LogP contribution in [-0.4, -0.2) is 73.0 Å². The van der Waals surface area contributed by atoms with Gasteiger partial charge in [-0.2, -0.15) is 0 Å². The molecule has 5 N–H and O–H groups in total. The first-order valence-electron chi connectivity index (χ1n) is 12.7. The van der Waals surface area contributed by atoms with Crippen LogP contribution in [0.1, 0.15) is 39.0 Å². The third kappa shape index (κ3) is 5.97. The minimum Gasteiger partial charge on any atom is -0.490 e. The summed E-state index contributed by atoms with van der Waals surface area (Å²) in [5, 5.41) is 2.84. The van der Waals surface area contributed by atoms with Crippen LogP contribution in [0.5, 0.6) is 5.75 Å². The number of anilines is 1. The average Bonchev–Trinajstić information content (AvgIpc) is 2.84. The minimum atomic E-state index is -0.317. The lowest BCUT2D eigenvalue weighted by Crippen LogP contribution is -2.53. The van der Waals surface area contributed by atoms with Crippen LogP contribution in [0.3, 0.4) is 0 Å². The number of rotatable bonds is 8. The van der Waals surface area contributed by atoms with Gasteiger partial charge in [-0.3, -0.25) is 9.59 Å². The monoisotopic (exact) mass is 482 g/mol. The van der Waals surface area contributed by atoms with Gasteiger partial charge in [-0.15, -0.1) is 0 Å². The third-order valence-corrected chi connectivity index (χ3v) is 7.22. The number of benzene rings is 1. The topological polar surface area (TPSA) is 117 Å². The summed E-state index contributed by atoms with van der Waals surface area (Å²) in [5.74, 6) is 0.578. The highest BCUT2D eigenvalue weighted by molar-refractivity contribution is 6.01. The van der Waals surface area contributed by atoms with Gasteiger partial charge in [0.1, 0.15) is 24.2 Å². The highest BCUT2D eigenvalue weighted by atomic mass is 16.5. The number of carbonyl (C=O) groups excluding carboxylic acids is 2. The van der Waals surface area contributed by atoms with E-state index in [2.05, 4.69) is 10.2 Å². The molecule has 1 aliphatic carbocycles. The molecule has 1 aromatic rings. The highest BCUT2D eigenvalue weighted by Crippen LogP contribution is 2.29. The van der Waals surface area contributed by atoms with E-state index in [0.29, 0.717) is 13.1 Å². The summed E-state index contributed by atoms with van der Waals surface area (Å²) in [6.45, 7) is 4.85. The number of carbonyl (C=O) groups is 2. The Labute approximate surface area is 207 Å². The Balaban J connectivity index is 1.29. The summed E-state index contributed by atoms with van der Waals surface area (Å²) in [6.07, 6.45) is 9.82. The fourth-order valence-corrected chi connectivity index (χ4v) is 4.89. The van der Waals surface area contributed by atoms with E-state index < -0.39 is 0 Å². The summed E-state index contributed by atoms with van der Waals surface area (Å²) >= 11 is 0. The van der Waals surface area contributed by atoms with E-state index in [4.69, 9.17) is 16.2 Å². The first-order valence-corrected chi connectivity index (χ1v) is 12.7. The maximum Gasteiger partial charge on any atom is 0.255 e. The number of nitrogens with one attached hydrogen (secondary N) is 1. The quantitative estimate of drug-likeness (QED) is 0.481. The number of allylic oxidation sites excluding steroid dienone is 1.